The molecule has 0 aliphatic carbocycles. The van der Waals surface area contributed by atoms with Crippen molar-refractivity contribution >= 4 is 11.8 Å². The molecule has 4 nitrogen and oxygen atoms in total. The number of esters is 1. The molecule has 110 valence electrons. The third kappa shape index (κ3) is 2.94. The van der Waals surface area contributed by atoms with Gasteiger partial charge in [0.2, 0.25) is 0 Å². The standard InChI is InChI=1S/C16H24N2O2/c1-4-16(5-2)9-10-18(12-16)14-8-7-13(11-17-14)15(19)20-6-3/h7-8,11H,4-6,9-10,12H2,1-3H3. The molecule has 0 radical (unpaired) electrons. The van der Waals surface area contributed by atoms with Gasteiger partial charge in [0.05, 0.1) is 12.2 Å². The number of nitrogens with zero attached hydrogens (tertiary/aromatic N) is 2. The molecule has 0 amide bonds. The first kappa shape index (κ1) is 14.8. The van der Waals surface area contributed by atoms with E-state index in [4.69, 9.17) is 4.74 Å². The van der Waals surface area contributed by atoms with Crippen molar-refractivity contribution in [1.82, 2.24) is 4.98 Å². The summed E-state index contributed by atoms with van der Waals surface area (Å²) in [5.74, 6) is 0.659. The topological polar surface area (TPSA) is 42.4 Å². The smallest absolute Gasteiger partial charge is 0.339 e. The first-order chi connectivity index (χ1) is 9.64. The van der Waals surface area contributed by atoms with Crippen molar-refractivity contribution < 1.29 is 9.53 Å². The Labute approximate surface area is 121 Å². The molecule has 1 aromatic rings. The summed E-state index contributed by atoms with van der Waals surface area (Å²) < 4.78 is 4.97. The van der Waals surface area contributed by atoms with Crippen LogP contribution in [0.3, 0.4) is 0 Å². The number of hydrogen-bond donors (Lipinski definition) is 0. The van der Waals surface area contributed by atoms with Crippen molar-refractivity contribution in [3.05, 3.63) is 23.9 Å². The van der Waals surface area contributed by atoms with Crippen LogP contribution < -0.4 is 4.90 Å². The van der Waals surface area contributed by atoms with E-state index in [-0.39, 0.29) is 5.97 Å². The van der Waals surface area contributed by atoms with Crippen LogP contribution in [0.1, 0.15) is 50.4 Å². The summed E-state index contributed by atoms with van der Waals surface area (Å²) in [7, 11) is 0. The average molecular weight is 276 g/mol. The first-order valence-electron chi connectivity index (χ1n) is 7.52. The van der Waals surface area contributed by atoms with E-state index in [0.717, 1.165) is 18.9 Å². The van der Waals surface area contributed by atoms with Crippen LogP contribution in [0.2, 0.25) is 0 Å². The quantitative estimate of drug-likeness (QED) is 0.774. The zero-order valence-corrected chi connectivity index (χ0v) is 12.7. The highest BCUT2D eigenvalue weighted by Crippen LogP contribution is 2.38. The van der Waals surface area contributed by atoms with Crippen LogP contribution >= 0.6 is 0 Å². The van der Waals surface area contributed by atoms with E-state index >= 15 is 0 Å². The molecule has 1 aromatic heterocycles. The Balaban J connectivity index is 2.06. The highest BCUT2D eigenvalue weighted by atomic mass is 16.5. The highest BCUT2D eigenvalue weighted by molar-refractivity contribution is 5.89. The minimum atomic E-state index is -0.301. The molecule has 0 aromatic carbocycles. The Morgan fingerprint density at radius 1 is 1.35 bits per heavy atom. The molecule has 0 saturated carbocycles. The van der Waals surface area contributed by atoms with E-state index < -0.39 is 0 Å². The van der Waals surface area contributed by atoms with Crippen LogP contribution in [-0.2, 0) is 4.74 Å². The molecule has 0 spiro atoms. The summed E-state index contributed by atoms with van der Waals surface area (Å²) >= 11 is 0. The second kappa shape index (κ2) is 6.25. The van der Waals surface area contributed by atoms with Gasteiger partial charge in [0, 0.05) is 19.3 Å². The van der Waals surface area contributed by atoms with Gasteiger partial charge in [-0.05, 0) is 43.7 Å². The second-order valence-electron chi connectivity index (χ2n) is 5.50. The van der Waals surface area contributed by atoms with Gasteiger partial charge >= 0.3 is 5.97 Å². The normalized spacial score (nSPS) is 17.2. The lowest BCUT2D eigenvalue weighted by Crippen LogP contribution is -2.26. The lowest BCUT2D eigenvalue weighted by atomic mass is 9.82. The van der Waals surface area contributed by atoms with Crippen LogP contribution in [-0.4, -0.2) is 30.6 Å². The summed E-state index contributed by atoms with van der Waals surface area (Å²) in [5, 5.41) is 0. The molecule has 2 rings (SSSR count). The summed E-state index contributed by atoms with van der Waals surface area (Å²) in [5.41, 5.74) is 0.952. The third-order valence-corrected chi connectivity index (χ3v) is 4.52. The minimum Gasteiger partial charge on any atom is -0.462 e. The van der Waals surface area contributed by atoms with E-state index in [0.29, 0.717) is 17.6 Å². The number of ether oxygens (including phenoxy) is 1. The monoisotopic (exact) mass is 276 g/mol. The molecule has 0 atom stereocenters. The predicted octanol–water partition coefficient (Wildman–Crippen LogP) is 3.27. The van der Waals surface area contributed by atoms with Gasteiger partial charge in [-0.3, -0.25) is 0 Å². The fourth-order valence-corrected chi connectivity index (χ4v) is 2.87. The zero-order valence-electron chi connectivity index (χ0n) is 12.7. The fraction of sp³-hybridized carbons (Fsp3) is 0.625. The lowest BCUT2D eigenvalue weighted by molar-refractivity contribution is 0.0526. The molecule has 0 bridgehead atoms. The van der Waals surface area contributed by atoms with Gasteiger partial charge in [0.15, 0.2) is 0 Å². The molecule has 1 aliphatic heterocycles. The Morgan fingerprint density at radius 2 is 2.10 bits per heavy atom. The molecule has 1 aliphatic rings. The van der Waals surface area contributed by atoms with Gasteiger partial charge in [-0.25, -0.2) is 9.78 Å². The number of aromatic nitrogens is 1. The number of pyridine rings is 1. The molecular weight excluding hydrogens is 252 g/mol. The summed E-state index contributed by atoms with van der Waals surface area (Å²) in [6.45, 7) is 8.84. The van der Waals surface area contributed by atoms with Crippen molar-refractivity contribution in [2.45, 2.75) is 40.0 Å². The summed E-state index contributed by atoms with van der Waals surface area (Å²) in [6, 6.07) is 3.73. The van der Waals surface area contributed by atoms with Crippen molar-refractivity contribution in [3.63, 3.8) is 0 Å². The molecule has 4 heteroatoms. The SMILES string of the molecule is CCOC(=O)c1ccc(N2CCC(CC)(CC)C2)nc1. The van der Waals surface area contributed by atoms with Crippen molar-refractivity contribution in [3.8, 4) is 0 Å². The maximum atomic E-state index is 11.6. The Hall–Kier alpha value is -1.58. The van der Waals surface area contributed by atoms with Gasteiger partial charge < -0.3 is 9.64 Å². The number of hydrogen-bond acceptors (Lipinski definition) is 4. The number of rotatable bonds is 5. The van der Waals surface area contributed by atoms with Crippen LogP contribution in [0, 0.1) is 5.41 Å². The van der Waals surface area contributed by atoms with Crippen molar-refractivity contribution in [2.24, 2.45) is 5.41 Å². The molecule has 0 N–H and O–H groups in total. The maximum Gasteiger partial charge on any atom is 0.339 e. The van der Waals surface area contributed by atoms with Gasteiger partial charge in [-0.1, -0.05) is 13.8 Å². The molecular formula is C16H24N2O2. The average Bonchev–Trinajstić information content (AvgIpc) is 2.93. The van der Waals surface area contributed by atoms with Crippen molar-refractivity contribution in [1.29, 1.82) is 0 Å². The number of carbonyl (C=O) groups is 1. The molecule has 1 saturated heterocycles. The highest BCUT2D eigenvalue weighted by Gasteiger charge is 2.35. The molecule has 0 unspecified atom stereocenters. The minimum absolute atomic E-state index is 0.301. The van der Waals surface area contributed by atoms with E-state index in [2.05, 4.69) is 23.7 Å². The van der Waals surface area contributed by atoms with E-state index in [1.54, 1.807) is 19.2 Å². The Bertz CT molecular complexity index is 452. The van der Waals surface area contributed by atoms with Gasteiger partial charge in [0.25, 0.3) is 0 Å². The Kier molecular flexibility index (Phi) is 4.63. The van der Waals surface area contributed by atoms with Crippen LogP contribution in [0.5, 0.6) is 0 Å². The van der Waals surface area contributed by atoms with Gasteiger partial charge in [-0.15, -0.1) is 0 Å². The molecule has 20 heavy (non-hydrogen) atoms. The largest absolute Gasteiger partial charge is 0.462 e. The van der Waals surface area contributed by atoms with Crippen molar-refractivity contribution in [2.75, 3.05) is 24.6 Å². The summed E-state index contributed by atoms with van der Waals surface area (Å²) in [6.07, 6.45) is 5.26. The second-order valence-corrected chi connectivity index (χ2v) is 5.50. The first-order valence-corrected chi connectivity index (χ1v) is 7.52. The van der Waals surface area contributed by atoms with E-state index in [9.17, 15) is 4.79 Å². The maximum absolute atomic E-state index is 11.6. The van der Waals surface area contributed by atoms with Crippen LogP contribution in [0.15, 0.2) is 18.3 Å². The van der Waals surface area contributed by atoms with E-state index in [1.807, 2.05) is 6.07 Å². The predicted molar refractivity (Wildman–Crippen MR) is 80.0 cm³/mol. The van der Waals surface area contributed by atoms with E-state index in [1.165, 1.54) is 19.3 Å². The van der Waals surface area contributed by atoms with Gasteiger partial charge in [0.1, 0.15) is 5.82 Å². The molecule has 2 heterocycles. The third-order valence-electron chi connectivity index (χ3n) is 4.52. The number of carbonyl (C=O) groups excluding carboxylic acids is 1. The number of anilines is 1. The van der Waals surface area contributed by atoms with Crippen LogP contribution in [0.4, 0.5) is 5.82 Å². The zero-order chi connectivity index (χ0) is 14.6. The van der Waals surface area contributed by atoms with Crippen LogP contribution in [0.25, 0.3) is 0 Å². The molecule has 1 fully saturated rings. The summed E-state index contributed by atoms with van der Waals surface area (Å²) in [4.78, 5) is 18.3. The Morgan fingerprint density at radius 3 is 2.60 bits per heavy atom. The lowest BCUT2D eigenvalue weighted by Gasteiger charge is -2.26. The van der Waals surface area contributed by atoms with Gasteiger partial charge in [-0.2, -0.15) is 0 Å². The fourth-order valence-electron chi connectivity index (χ4n) is 2.87.